The topological polar surface area (TPSA) is 71.1 Å². The molecule has 0 unspecified atom stereocenters. The molecule has 2 amide bonds. The number of hydrogen-bond donors (Lipinski definition) is 1. The second kappa shape index (κ2) is 8.20. The number of hydrogen-bond acceptors (Lipinski definition) is 5. The van der Waals surface area contributed by atoms with Crippen molar-refractivity contribution in [1.29, 1.82) is 0 Å². The van der Waals surface area contributed by atoms with E-state index in [4.69, 9.17) is 9.47 Å². The monoisotopic (exact) mass is 347 g/mol. The summed E-state index contributed by atoms with van der Waals surface area (Å²) in [6.07, 6.45) is 1.68. The molecule has 2 aliphatic rings. The maximum atomic E-state index is 12.4. The third kappa shape index (κ3) is 4.63. The van der Waals surface area contributed by atoms with Crippen molar-refractivity contribution in [2.24, 2.45) is 0 Å². The minimum Gasteiger partial charge on any atom is -0.493 e. The minimum absolute atomic E-state index is 0.0111. The number of rotatable bonds is 5. The van der Waals surface area contributed by atoms with E-state index in [1.165, 1.54) is 0 Å². The molecular formula is C18H25N3O4. The number of benzene rings is 1. The molecule has 0 spiro atoms. The van der Waals surface area contributed by atoms with Crippen molar-refractivity contribution in [2.45, 2.75) is 18.9 Å². The second-order valence-electron chi connectivity index (χ2n) is 6.41. The van der Waals surface area contributed by atoms with Gasteiger partial charge in [-0.1, -0.05) is 12.1 Å². The van der Waals surface area contributed by atoms with Crippen molar-refractivity contribution in [1.82, 2.24) is 15.1 Å². The zero-order chi connectivity index (χ0) is 17.6. The lowest BCUT2D eigenvalue weighted by Crippen LogP contribution is -2.52. The molecule has 0 radical (unpaired) electrons. The quantitative estimate of drug-likeness (QED) is 0.840. The lowest BCUT2D eigenvalue weighted by Gasteiger charge is -2.34. The number of ether oxygens (including phenoxy) is 2. The standard InChI is InChI=1S/C18H25N3O4/c1-24-15-4-2-3-5-16(15)25-14-6-9-21(10-7-14)18(23)13-20-11-8-19-17(22)12-20/h2-5,14H,6-13H2,1H3,(H,19,22). The van der Waals surface area contributed by atoms with E-state index >= 15 is 0 Å². The van der Waals surface area contributed by atoms with Crippen molar-refractivity contribution in [3.63, 3.8) is 0 Å². The first-order valence-electron chi connectivity index (χ1n) is 8.72. The van der Waals surface area contributed by atoms with Gasteiger partial charge in [-0.25, -0.2) is 0 Å². The van der Waals surface area contributed by atoms with Gasteiger partial charge >= 0.3 is 0 Å². The van der Waals surface area contributed by atoms with Crippen molar-refractivity contribution in [3.8, 4) is 11.5 Å². The predicted molar refractivity (Wildman–Crippen MR) is 92.7 cm³/mol. The van der Waals surface area contributed by atoms with Crippen LogP contribution in [0.2, 0.25) is 0 Å². The van der Waals surface area contributed by atoms with Crippen LogP contribution in [0.25, 0.3) is 0 Å². The number of nitrogens with zero attached hydrogens (tertiary/aromatic N) is 2. The van der Waals surface area contributed by atoms with Crippen LogP contribution in [0.5, 0.6) is 11.5 Å². The largest absolute Gasteiger partial charge is 0.493 e. The highest BCUT2D eigenvalue weighted by Gasteiger charge is 2.27. The van der Waals surface area contributed by atoms with E-state index in [1.54, 1.807) is 7.11 Å². The van der Waals surface area contributed by atoms with Gasteiger partial charge in [-0.2, -0.15) is 0 Å². The number of likely N-dealkylation sites (tertiary alicyclic amines) is 1. The maximum absolute atomic E-state index is 12.4. The zero-order valence-electron chi connectivity index (χ0n) is 14.6. The summed E-state index contributed by atoms with van der Waals surface area (Å²) >= 11 is 0. The number of methoxy groups -OCH3 is 1. The Labute approximate surface area is 147 Å². The number of carbonyl (C=O) groups is 2. The molecule has 7 heteroatoms. The van der Waals surface area contributed by atoms with Gasteiger partial charge in [0.2, 0.25) is 11.8 Å². The third-order valence-corrected chi connectivity index (χ3v) is 4.63. The summed E-state index contributed by atoms with van der Waals surface area (Å²) < 4.78 is 11.4. The smallest absolute Gasteiger partial charge is 0.236 e. The number of nitrogens with one attached hydrogen (secondary N) is 1. The molecule has 2 aliphatic heterocycles. The average molecular weight is 347 g/mol. The van der Waals surface area contributed by atoms with Crippen LogP contribution in [0.15, 0.2) is 24.3 Å². The van der Waals surface area contributed by atoms with Crippen LogP contribution in [-0.2, 0) is 9.59 Å². The van der Waals surface area contributed by atoms with Crippen molar-refractivity contribution in [2.75, 3.05) is 46.4 Å². The van der Waals surface area contributed by atoms with E-state index in [9.17, 15) is 9.59 Å². The van der Waals surface area contributed by atoms with Gasteiger partial charge < -0.3 is 19.7 Å². The van der Waals surface area contributed by atoms with Gasteiger partial charge in [0.1, 0.15) is 6.10 Å². The highest BCUT2D eigenvalue weighted by atomic mass is 16.5. The summed E-state index contributed by atoms with van der Waals surface area (Å²) in [7, 11) is 1.63. The van der Waals surface area contributed by atoms with Crippen molar-refractivity contribution >= 4 is 11.8 Å². The molecule has 3 rings (SSSR count). The molecule has 7 nitrogen and oxygen atoms in total. The van der Waals surface area contributed by atoms with Crippen molar-refractivity contribution in [3.05, 3.63) is 24.3 Å². The number of piperazine rings is 1. The number of carbonyl (C=O) groups excluding carboxylic acids is 2. The zero-order valence-corrected chi connectivity index (χ0v) is 14.6. The van der Waals surface area contributed by atoms with E-state index in [2.05, 4.69) is 5.32 Å². The molecule has 0 aromatic heterocycles. The first-order chi connectivity index (χ1) is 12.2. The summed E-state index contributed by atoms with van der Waals surface area (Å²) in [5, 5.41) is 2.77. The average Bonchev–Trinajstić information content (AvgIpc) is 2.63. The molecule has 0 aliphatic carbocycles. The predicted octanol–water partition coefficient (Wildman–Crippen LogP) is 0.497. The van der Waals surface area contributed by atoms with Gasteiger partial charge in [0, 0.05) is 39.0 Å². The molecule has 2 saturated heterocycles. The Morgan fingerprint density at radius 2 is 1.92 bits per heavy atom. The third-order valence-electron chi connectivity index (χ3n) is 4.63. The first-order valence-corrected chi connectivity index (χ1v) is 8.72. The van der Waals surface area contributed by atoms with Crippen LogP contribution < -0.4 is 14.8 Å². The molecule has 1 aromatic rings. The normalized spacial score (nSPS) is 19.4. The Morgan fingerprint density at radius 3 is 2.60 bits per heavy atom. The first kappa shape index (κ1) is 17.5. The molecule has 0 saturated carbocycles. The van der Waals surface area contributed by atoms with Gasteiger partial charge in [-0.3, -0.25) is 14.5 Å². The Morgan fingerprint density at radius 1 is 1.20 bits per heavy atom. The number of piperidine rings is 1. The van der Waals surface area contributed by atoms with Gasteiger partial charge in [-0.05, 0) is 12.1 Å². The summed E-state index contributed by atoms with van der Waals surface area (Å²) in [6.45, 7) is 3.31. The van der Waals surface area contributed by atoms with Crippen LogP contribution in [0, 0.1) is 0 Å². The van der Waals surface area contributed by atoms with Crippen LogP contribution in [0.1, 0.15) is 12.8 Å². The summed E-state index contributed by atoms with van der Waals surface area (Å²) in [5.41, 5.74) is 0. The Kier molecular flexibility index (Phi) is 5.75. The molecule has 0 atom stereocenters. The molecule has 25 heavy (non-hydrogen) atoms. The van der Waals surface area contributed by atoms with E-state index in [1.807, 2.05) is 34.1 Å². The molecule has 1 aromatic carbocycles. The minimum atomic E-state index is -0.0111. The SMILES string of the molecule is COc1ccccc1OC1CCN(C(=O)CN2CCNC(=O)C2)CC1. The van der Waals surface area contributed by atoms with Crippen molar-refractivity contribution < 1.29 is 19.1 Å². The van der Waals surface area contributed by atoms with E-state index in [-0.39, 0.29) is 17.9 Å². The lowest BCUT2D eigenvalue weighted by molar-refractivity contribution is -0.135. The lowest BCUT2D eigenvalue weighted by atomic mass is 10.1. The number of amides is 2. The Bertz CT molecular complexity index is 614. The molecule has 136 valence electrons. The fourth-order valence-electron chi connectivity index (χ4n) is 3.24. The molecule has 2 fully saturated rings. The van der Waals surface area contributed by atoms with E-state index in [0.29, 0.717) is 32.7 Å². The van der Waals surface area contributed by atoms with Crippen LogP contribution in [0.4, 0.5) is 0 Å². The summed E-state index contributed by atoms with van der Waals surface area (Å²) in [6, 6.07) is 7.61. The summed E-state index contributed by atoms with van der Waals surface area (Å²) in [5.74, 6) is 1.55. The van der Waals surface area contributed by atoms with Gasteiger partial charge in [0.05, 0.1) is 20.2 Å². The van der Waals surface area contributed by atoms with Gasteiger partial charge in [0.15, 0.2) is 11.5 Å². The second-order valence-corrected chi connectivity index (χ2v) is 6.41. The Hall–Kier alpha value is -2.28. The van der Waals surface area contributed by atoms with Crippen LogP contribution in [0.3, 0.4) is 0 Å². The van der Waals surface area contributed by atoms with E-state index in [0.717, 1.165) is 30.9 Å². The van der Waals surface area contributed by atoms with Gasteiger partial charge in [-0.15, -0.1) is 0 Å². The van der Waals surface area contributed by atoms with E-state index < -0.39 is 0 Å². The number of para-hydroxylation sites is 2. The fraction of sp³-hybridized carbons (Fsp3) is 0.556. The molecule has 0 bridgehead atoms. The highest BCUT2D eigenvalue weighted by molar-refractivity contribution is 5.81. The highest BCUT2D eigenvalue weighted by Crippen LogP contribution is 2.28. The van der Waals surface area contributed by atoms with Crippen LogP contribution in [-0.4, -0.2) is 74.1 Å². The molecule has 1 N–H and O–H groups in total. The maximum Gasteiger partial charge on any atom is 0.236 e. The Balaban J connectivity index is 1.46. The fourth-order valence-corrected chi connectivity index (χ4v) is 3.24. The van der Waals surface area contributed by atoms with Crippen LogP contribution >= 0.6 is 0 Å². The summed E-state index contributed by atoms with van der Waals surface area (Å²) in [4.78, 5) is 27.6. The molecule has 2 heterocycles. The van der Waals surface area contributed by atoms with Gasteiger partial charge in [0.25, 0.3) is 0 Å². The molecular weight excluding hydrogens is 322 g/mol.